The maximum absolute atomic E-state index is 13.1. The zero-order valence-electron chi connectivity index (χ0n) is 19.5. The maximum Gasteiger partial charge on any atom is 0.250 e. The van der Waals surface area contributed by atoms with E-state index in [1.807, 2.05) is 47.4 Å². The van der Waals surface area contributed by atoms with Gasteiger partial charge in [-0.15, -0.1) is 0 Å². The molecule has 3 atom stereocenters. The van der Waals surface area contributed by atoms with Gasteiger partial charge in [0.25, 0.3) is 0 Å². The molecule has 4 N–H and O–H groups in total. The second-order valence-electron chi connectivity index (χ2n) is 8.99. The van der Waals surface area contributed by atoms with Gasteiger partial charge in [0, 0.05) is 42.6 Å². The molecule has 0 bridgehead atoms. The fourth-order valence-corrected chi connectivity index (χ4v) is 4.52. The Bertz CT molecular complexity index is 1040. The Kier molecular flexibility index (Phi) is 7.26. The van der Waals surface area contributed by atoms with E-state index in [1.165, 1.54) is 5.56 Å². The predicted octanol–water partition coefficient (Wildman–Crippen LogP) is 4.25. The monoisotopic (exact) mass is 446 g/mol. The van der Waals surface area contributed by atoms with E-state index in [2.05, 4.69) is 36.3 Å². The SMILES string of the molecule is CCCN(CCC)C(=O)C1=Cc2ccc(C(O)N[C@H]3C[C@@H]3c3ccccc3)cc2N=C(N)C1. The van der Waals surface area contributed by atoms with Crippen LogP contribution in [-0.4, -0.2) is 40.9 Å². The van der Waals surface area contributed by atoms with E-state index in [0.717, 1.165) is 43.5 Å². The number of hydrogen-bond donors (Lipinski definition) is 3. The van der Waals surface area contributed by atoms with Crippen molar-refractivity contribution < 1.29 is 9.90 Å². The Morgan fingerprint density at radius 2 is 1.91 bits per heavy atom. The highest BCUT2D eigenvalue weighted by molar-refractivity contribution is 6.05. The van der Waals surface area contributed by atoms with Crippen molar-refractivity contribution in [1.82, 2.24) is 10.2 Å². The van der Waals surface area contributed by atoms with Crippen LogP contribution in [0.5, 0.6) is 0 Å². The molecule has 0 spiro atoms. The predicted molar refractivity (Wildman–Crippen MR) is 133 cm³/mol. The third kappa shape index (κ3) is 5.52. The maximum atomic E-state index is 13.1. The van der Waals surface area contributed by atoms with Gasteiger partial charge in [-0.25, -0.2) is 4.99 Å². The molecule has 2 aromatic rings. The molecule has 174 valence electrons. The van der Waals surface area contributed by atoms with Crippen LogP contribution in [0.3, 0.4) is 0 Å². The standard InChI is InChI=1S/C27H34N4O2/c1-3-12-31(13-4-2)27(33)21-14-19-10-11-20(15-23(19)29-25(28)16-21)26(32)30-24-17-22(24)18-8-6-5-7-9-18/h5-11,14-15,22,24,26,30,32H,3-4,12-13,16-17H2,1-2H3,(H2,28,29)/t22-,24+,26?/m1/s1. The van der Waals surface area contributed by atoms with Crippen molar-refractivity contribution in [1.29, 1.82) is 0 Å². The number of hydrogen-bond acceptors (Lipinski definition) is 5. The Labute approximate surface area is 196 Å². The van der Waals surface area contributed by atoms with Crippen molar-refractivity contribution in [3.63, 3.8) is 0 Å². The highest BCUT2D eigenvalue weighted by atomic mass is 16.3. The van der Waals surface area contributed by atoms with E-state index < -0.39 is 6.23 Å². The number of benzene rings is 2. The molecule has 1 aliphatic carbocycles. The minimum absolute atomic E-state index is 0.0242. The van der Waals surface area contributed by atoms with Crippen LogP contribution in [0.25, 0.3) is 6.08 Å². The van der Waals surface area contributed by atoms with E-state index >= 15 is 0 Å². The average molecular weight is 447 g/mol. The smallest absolute Gasteiger partial charge is 0.250 e. The summed E-state index contributed by atoms with van der Waals surface area (Å²) in [5.74, 6) is 0.865. The summed E-state index contributed by atoms with van der Waals surface area (Å²) in [6, 6.07) is 16.3. The Hall–Kier alpha value is -2.96. The zero-order valence-corrected chi connectivity index (χ0v) is 19.5. The van der Waals surface area contributed by atoms with Gasteiger partial charge in [-0.2, -0.15) is 0 Å². The van der Waals surface area contributed by atoms with Crippen molar-refractivity contribution in [3.8, 4) is 0 Å². The Morgan fingerprint density at radius 1 is 1.18 bits per heavy atom. The summed E-state index contributed by atoms with van der Waals surface area (Å²) in [5.41, 5.74) is 10.4. The summed E-state index contributed by atoms with van der Waals surface area (Å²) in [5, 5.41) is 14.1. The number of aliphatic hydroxyl groups is 1. The molecule has 1 amide bonds. The van der Waals surface area contributed by atoms with Gasteiger partial charge in [-0.3, -0.25) is 10.1 Å². The number of carbonyl (C=O) groups excluding carboxylic acids is 1. The fraction of sp³-hybridized carbons (Fsp3) is 0.407. The summed E-state index contributed by atoms with van der Waals surface area (Å²) in [6.45, 7) is 5.62. The molecule has 6 nitrogen and oxygen atoms in total. The van der Waals surface area contributed by atoms with Gasteiger partial charge in [0.2, 0.25) is 5.91 Å². The minimum Gasteiger partial charge on any atom is -0.387 e. The van der Waals surface area contributed by atoms with Crippen LogP contribution in [0.4, 0.5) is 5.69 Å². The zero-order chi connectivity index (χ0) is 23.4. The largest absolute Gasteiger partial charge is 0.387 e. The molecule has 0 aromatic heterocycles. The topological polar surface area (TPSA) is 91.0 Å². The van der Waals surface area contributed by atoms with Gasteiger partial charge < -0.3 is 15.7 Å². The van der Waals surface area contributed by atoms with Crippen molar-refractivity contribution in [2.75, 3.05) is 13.1 Å². The number of rotatable bonds is 9. The summed E-state index contributed by atoms with van der Waals surface area (Å²) in [6.07, 6.45) is 4.28. The first-order chi connectivity index (χ1) is 16.0. The van der Waals surface area contributed by atoms with Gasteiger partial charge in [0.15, 0.2) is 0 Å². The van der Waals surface area contributed by atoms with Crippen LogP contribution < -0.4 is 11.1 Å². The Morgan fingerprint density at radius 3 is 2.61 bits per heavy atom. The summed E-state index contributed by atoms with van der Waals surface area (Å²) < 4.78 is 0. The summed E-state index contributed by atoms with van der Waals surface area (Å²) in [7, 11) is 0. The first-order valence-corrected chi connectivity index (χ1v) is 12.0. The molecule has 1 heterocycles. The number of nitrogens with one attached hydrogen (secondary N) is 1. The van der Waals surface area contributed by atoms with Crippen molar-refractivity contribution in [2.24, 2.45) is 10.7 Å². The lowest BCUT2D eigenvalue weighted by Crippen LogP contribution is -2.34. The number of nitrogens with two attached hydrogens (primary N) is 1. The minimum atomic E-state index is -0.789. The molecule has 1 unspecified atom stereocenters. The molecule has 33 heavy (non-hydrogen) atoms. The fourth-order valence-electron chi connectivity index (χ4n) is 4.52. The van der Waals surface area contributed by atoms with Gasteiger partial charge in [0.1, 0.15) is 12.1 Å². The summed E-state index contributed by atoms with van der Waals surface area (Å²) in [4.78, 5) is 19.6. The van der Waals surface area contributed by atoms with Crippen LogP contribution >= 0.6 is 0 Å². The molecule has 0 radical (unpaired) electrons. The average Bonchev–Trinajstić information content (AvgIpc) is 3.60. The third-order valence-electron chi connectivity index (χ3n) is 6.27. The lowest BCUT2D eigenvalue weighted by Gasteiger charge is -2.22. The normalized spacial score (nSPS) is 20.2. The number of aliphatic imine (C=N–C) groups is 1. The van der Waals surface area contributed by atoms with Gasteiger partial charge >= 0.3 is 0 Å². The molecule has 2 aliphatic rings. The number of fused-ring (bicyclic) bond motifs is 1. The second kappa shape index (κ2) is 10.3. The lowest BCUT2D eigenvalue weighted by atomic mass is 10.0. The van der Waals surface area contributed by atoms with Crippen molar-refractivity contribution in [2.45, 2.75) is 57.7 Å². The van der Waals surface area contributed by atoms with Crippen LogP contribution in [0.2, 0.25) is 0 Å². The van der Waals surface area contributed by atoms with Crippen LogP contribution in [0.15, 0.2) is 59.1 Å². The van der Waals surface area contributed by atoms with Crippen LogP contribution in [0, 0.1) is 0 Å². The molecule has 1 aliphatic heterocycles. The van der Waals surface area contributed by atoms with Crippen LogP contribution in [-0.2, 0) is 4.79 Å². The highest BCUT2D eigenvalue weighted by Crippen LogP contribution is 2.42. The van der Waals surface area contributed by atoms with E-state index in [-0.39, 0.29) is 11.9 Å². The lowest BCUT2D eigenvalue weighted by molar-refractivity contribution is -0.127. The van der Waals surface area contributed by atoms with Crippen molar-refractivity contribution in [3.05, 3.63) is 70.8 Å². The third-order valence-corrected chi connectivity index (χ3v) is 6.27. The highest BCUT2D eigenvalue weighted by Gasteiger charge is 2.39. The molecular formula is C27H34N4O2. The molecule has 0 saturated heterocycles. The quantitative estimate of drug-likeness (QED) is 0.502. The first-order valence-electron chi connectivity index (χ1n) is 12.0. The number of amidine groups is 1. The van der Waals surface area contributed by atoms with Gasteiger partial charge in [-0.1, -0.05) is 56.3 Å². The van der Waals surface area contributed by atoms with Crippen LogP contribution in [0.1, 0.15) is 68.4 Å². The molecule has 4 rings (SSSR count). The summed E-state index contributed by atoms with van der Waals surface area (Å²) >= 11 is 0. The second-order valence-corrected chi connectivity index (χ2v) is 8.99. The number of aliphatic hydroxyl groups excluding tert-OH is 1. The number of nitrogens with zero attached hydrogens (tertiary/aromatic N) is 2. The van der Waals surface area contributed by atoms with E-state index in [0.29, 0.717) is 29.4 Å². The number of amides is 1. The molecule has 1 fully saturated rings. The molecule has 6 heteroatoms. The van der Waals surface area contributed by atoms with E-state index in [1.54, 1.807) is 0 Å². The first kappa shape index (κ1) is 23.2. The molecule has 1 saturated carbocycles. The van der Waals surface area contributed by atoms with Gasteiger partial charge in [0.05, 0.1) is 5.69 Å². The molecular weight excluding hydrogens is 412 g/mol. The molecule has 2 aromatic carbocycles. The Balaban J connectivity index is 1.49. The van der Waals surface area contributed by atoms with Crippen molar-refractivity contribution >= 4 is 23.5 Å². The van der Waals surface area contributed by atoms with E-state index in [4.69, 9.17) is 5.73 Å². The van der Waals surface area contributed by atoms with Gasteiger partial charge in [-0.05, 0) is 42.5 Å². The number of carbonyl (C=O) groups is 1. The van der Waals surface area contributed by atoms with E-state index in [9.17, 15) is 9.90 Å².